The second-order valence-electron chi connectivity index (χ2n) is 16.1. The quantitative estimate of drug-likeness (QED) is 0.175. The van der Waals surface area contributed by atoms with Crippen molar-refractivity contribution >= 4 is 74.3 Å². The van der Waals surface area contributed by atoms with Gasteiger partial charge in [0.2, 0.25) is 17.8 Å². The Morgan fingerprint density at radius 3 is 2.65 bits per heavy atom. The Morgan fingerprint density at radius 1 is 1.03 bits per heavy atom. The highest BCUT2D eigenvalue weighted by Crippen LogP contribution is 2.37. The van der Waals surface area contributed by atoms with Crippen molar-refractivity contribution < 1.29 is 23.9 Å². The molecule has 4 aliphatic heterocycles. The van der Waals surface area contributed by atoms with Gasteiger partial charge < -0.3 is 29.9 Å². The first-order chi connectivity index (χ1) is 29.0. The van der Waals surface area contributed by atoms with E-state index in [1.54, 1.807) is 16.8 Å². The lowest BCUT2D eigenvalue weighted by Crippen LogP contribution is -2.50. The molecule has 60 heavy (non-hydrogen) atoms. The third-order valence-corrected chi connectivity index (χ3v) is 12.6. The van der Waals surface area contributed by atoms with Gasteiger partial charge >= 0.3 is 0 Å². The Labute approximate surface area is 350 Å². The summed E-state index contributed by atoms with van der Waals surface area (Å²) in [7, 11) is 3.44. The number of imide groups is 1. The van der Waals surface area contributed by atoms with E-state index in [0.717, 1.165) is 74.5 Å². The lowest BCUT2D eigenvalue weighted by molar-refractivity contribution is -0.134. The second-order valence-corrected chi connectivity index (χ2v) is 16.5. The van der Waals surface area contributed by atoms with Gasteiger partial charge in [0.25, 0.3) is 11.5 Å². The maximum atomic E-state index is 13.2. The van der Waals surface area contributed by atoms with Crippen LogP contribution in [-0.4, -0.2) is 113 Å². The number of benzene rings is 2. The van der Waals surface area contributed by atoms with E-state index in [9.17, 15) is 19.2 Å². The Kier molecular flexibility index (Phi) is 10.7. The van der Waals surface area contributed by atoms with Crippen LogP contribution in [0.1, 0.15) is 37.8 Å². The van der Waals surface area contributed by atoms with Gasteiger partial charge in [0.1, 0.15) is 17.4 Å². The first-order valence-electron chi connectivity index (χ1n) is 20.5. The van der Waals surface area contributed by atoms with Gasteiger partial charge in [-0.1, -0.05) is 30.7 Å². The number of carbonyl (C=O) groups excluding carboxylic acids is 3. The lowest BCUT2D eigenvalue weighted by atomic mass is 9.86. The van der Waals surface area contributed by atoms with Gasteiger partial charge in [-0.3, -0.25) is 38.6 Å². The minimum Gasteiger partial charge on any atom is -0.489 e. The van der Waals surface area contributed by atoms with Gasteiger partial charge in [0.15, 0.2) is 18.2 Å². The van der Waals surface area contributed by atoms with Crippen molar-refractivity contribution in [1.29, 1.82) is 0 Å². The van der Waals surface area contributed by atoms with Crippen molar-refractivity contribution in [1.82, 2.24) is 39.8 Å². The summed E-state index contributed by atoms with van der Waals surface area (Å²) in [6.07, 6.45) is 3.42. The third-order valence-electron chi connectivity index (χ3n) is 12.3. The summed E-state index contributed by atoms with van der Waals surface area (Å²) in [6.45, 7) is 9.02. The molecule has 9 rings (SSSR count). The number of anilines is 4. The highest BCUT2D eigenvalue weighted by Gasteiger charge is 2.34. The number of hydrogen-bond acceptors (Lipinski definition) is 13. The number of nitrogens with zero attached hydrogens (tertiary/aromatic N) is 8. The number of fused-ring (bicyclic) bond motifs is 1. The number of ether oxygens (including phenoxy) is 2. The van der Waals surface area contributed by atoms with E-state index >= 15 is 0 Å². The summed E-state index contributed by atoms with van der Waals surface area (Å²) in [6, 6.07) is 11.5. The average molecular weight is 838 g/mol. The van der Waals surface area contributed by atoms with E-state index in [1.165, 1.54) is 7.05 Å². The summed E-state index contributed by atoms with van der Waals surface area (Å²) < 4.78 is 15.1. The molecule has 0 saturated carbocycles. The number of aromatic nitrogens is 5. The van der Waals surface area contributed by atoms with Crippen molar-refractivity contribution in [2.75, 3.05) is 81.2 Å². The monoisotopic (exact) mass is 837 g/mol. The van der Waals surface area contributed by atoms with E-state index in [4.69, 9.17) is 31.2 Å². The first-order valence-corrected chi connectivity index (χ1v) is 20.9. The molecular formula is C42H48ClN11O6. The van der Waals surface area contributed by atoms with Crippen LogP contribution in [0.3, 0.4) is 0 Å². The highest BCUT2D eigenvalue weighted by atomic mass is 35.5. The largest absolute Gasteiger partial charge is 0.489 e. The molecule has 4 aliphatic rings. The number of carbonyl (C=O) groups is 3. The molecule has 3 N–H and O–H groups in total. The smallest absolute Gasteiger partial charge is 0.293 e. The number of likely N-dealkylation sites (N-methyl/N-ethyl adjacent to an activating group) is 1. The number of rotatable bonds is 10. The normalized spacial score (nSPS) is 20.9. The van der Waals surface area contributed by atoms with Crippen LogP contribution in [0, 0.1) is 11.8 Å². The molecule has 3 saturated heterocycles. The topological polar surface area (TPSA) is 181 Å². The van der Waals surface area contributed by atoms with Crippen molar-refractivity contribution in [3.05, 3.63) is 63.7 Å². The average Bonchev–Trinajstić information content (AvgIpc) is 3.58. The van der Waals surface area contributed by atoms with Crippen LogP contribution in [0.5, 0.6) is 11.5 Å². The summed E-state index contributed by atoms with van der Waals surface area (Å²) in [5.41, 5.74) is 3.87. The molecule has 3 atom stereocenters. The van der Waals surface area contributed by atoms with Crippen molar-refractivity contribution in [3.8, 4) is 11.5 Å². The Hall–Kier alpha value is -5.94. The molecule has 0 spiro atoms. The van der Waals surface area contributed by atoms with Crippen LogP contribution in [0.4, 0.5) is 23.1 Å². The number of piperidine rings is 2. The summed E-state index contributed by atoms with van der Waals surface area (Å²) in [5, 5.41) is 15.2. The summed E-state index contributed by atoms with van der Waals surface area (Å²) >= 11 is 6.65. The van der Waals surface area contributed by atoms with E-state index in [1.807, 2.05) is 36.0 Å². The number of hydrogen-bond donors (Lipinski definition) is 3. The zero-order valence-electron chi connectivity index (χ0n) is 33.9. The fourth-order valence-electron chi connectivity index (χ4n) is 9.12. The van der Waals surface area contributed by atoms with Gasteiger partial charge in [0, 0.05) is 88.9 Å². The molecule has 2 aromatic carbocycles. The maximum Gasteiger partial charge on any atom is 0.293 e. The zero-order valence-corrected chi connectivity index (χ0v) is 34.6. The number of aryl methyl sites for hydroxylation is 1. The Balaban J connectivity index is 0.836. The molecule has 0 aliphatic carbocycles. The fraction of sp³-hybridized carbons (Fsp3) is 0.452. The molecule has 314 valence electrons. The lowest BCUT2D eigenvalue weighted by Gasteiger charge is -2.42. The molecule has 18 heteroatoms. The van der Waals surface area contributed by atoms with Gasteiger partial charge in [-0.25, -0.2) is 4.98 Å². The van der Waals surface area contributed by atoms with Crippen molar-refractivity contribution in [2.45, 2.75) is 38.6 Å². The van der Waals surface area contributed by atoms with Crippen LogP contribution in [0.25, 0.3) is 21.8 Å². The van der Waals surface area contributed by atoms with Crippen LogP contribution in [0.2, 0.25) is 5.02 Å². The van der Waals surface area contributed by atoms with Crippen LogP contribution in [-0.2, 0) is 28.0 Å². The van der Waals surface area contributed by atoms with Gasteiger partial charge in [-0.2, -0.15) is 10.1 Å². The van der Waals surface area contributed by atoms with Gasteiger partial charge in [0.05, 0.1) is 41.1 Å². The number of piperazine rings is 1. The number of para-hydroxylation sites is 1. The number of halogens is 1. The number of nitrogens with one attached hydrogen (secondary N) is 3. The standard InChI is InChI=1S/C42H48ClN11O6/c1-24-21-53(42-45-20-30(43)39(48-42)46-27-17-26-18-33(60-23-35(56)44-2)41(58)54-15-16-59-32(19-27)37(26)54)10-9-25(24)22-51-11-13-52(14-12-51)31-6-4-5-28-36(49-50(3)38(28)31)29-7-8-34(55)47-40(29)57/h4-6,17-20,24-25,29H,7-16,21-23H2,1-3H3,(H,44,56)(H,45,46,48)(H,47,55,57)/t24-,25?,29?/m1/s1. The number of pyridine rings is 1. The molecule has 0 bridgehead atoms. The molecule has 3 aromatic heterocycles. The van der Waals surface area contributed by atoms with E-state index in [0.29, 0.717) is 77.0 Å². The molecule has 2 unspecified atom stereocenters. The summed E-state index contributed by atoms with van der Waals surface area (Å²) in [4.78, 5) is 66.3. The fourth-order valence-corrected chi connectivity index (χ4v) is 9.26. The molecule has 5 aromatic rings. The molecular weight excluding hydrogens is 790 g/mol. The molecule has 17 nitrogen and oxygen atoms in total. The van der Waals surface area contributed by atoms with Gasteiger partial charge in [-0.05, 0) is 42.9 Å². The molecule has 3 amide bonds. The van der Waals surface area contributed by atoms with Crippen LogP contribution < -0.4 is 40.8 Å². The number of amides is 3. The third kappa shape index (κ3) is 7.55. The van der Waals surface area contributed by atoms with E-state index in [2.05, 4.69) is 48.6 Å². The predicted octanol–water partition coefficient (Wildman–Crippen LogP) is 3.40. The second kappa shape index (κ2) is 16.3. The SMILES string of the molecule is CNC(=O)COc1cc2cc(Nc3nc(N4CCC(CN5CCN(c6cccc7c(C8CCC(=O)NC8=O)nn(C)c67)CC5)[C@H](C)C4)ncc3Cl)cc3c2n(c1=O)CCO3. The van der Waals surface area contributed by atoms with E-state index < -0.39 is 5.92 Å². The van der Waals surface area contributed by atoms with Crippen molar-refractivity contribution in [2.24, 2.45) is 18.9 Å². The molecule has 3 fully saturated rings. The Morgan fingerprint density at radius 2 is 1.87 bits per heavy atom. The van der Waals surface area contributed by atoms with Crippen LogP contribution >= 0.6 is 11.6 Å². The predicted molar refractivity (Wildman–Crippen MR) is 228 cm³/mol. The molecule has 7 heterocycles. The van der Waals surface area contributed by atoms with Gasteiger partial charge in [-0.15, -0.1) is 0 Å². The van der Waals surface area contributed by atoms with Crippen LogP contribution in [0.15, 0.2) is 47.4 Å². The first kappa shape index (κ1) is 39.5. The minimum absolute atomic E-state index is 0.0836. The minimum atomic E-state index is -0.432. The van der Waals surface area contributed by atoms with Crippen molar-refractivity contribution in [3.63, 3.8) is 0 Å². The van der Waals surface area contributed by atoms with E-state index in [-0.39, 0.29) is 35.6 Å². The highest BCUT2D eigenvalue weighted by molar-refractivity contribution is 6.33. The molecule has 0 radical (unpaired) electrons. The Bertz CT molecular complexity index is 2570. The zero-order chi connectivity index (χ0) is 41.7. The summed E-state index contributed by atoms with van der Waals surface area (Å²) in [5.74, 6) is 1.35. The maximum absolute atomic E-state index is 13.2.